The van der Waals surface area contributed by atoms with E-state index < -0.39 is 23.4 Å². The average molecular weight is 406 g/mol. The van der Waals surface area contributed by atoms with Crippen molar-refractivity contribution in [2.75, 3.05) is 31.9 Å². The minimum Gasteiger partial charge on any atom is -0.497 e. The third-order valence-corrected chi connectivity index (χ3v) is 4.43. The molecule has 10 heteroatoms. The summed E-state index contributed by atoms with van der Waals surface area (Å²) in [6.45, 7) is -0.520. The molecule has 0 aliphatic heterocycles. The summed E-state index contributed by atoms with van der Waals surface area (Å²) in [4.78, 5) is 34.9. The molecule has 2 rings (SSSR count). The molecular formula is C18H18N2O7S. The molecule has 2 aromatic carbocycles. The predicted octanol–water partition coefficient (Wildman–Crippen LogP) is 2.89. The fourth-order valence-electron chi connectivity index (χ4n) is 2.10. The van der Waals surface area contributed by atoms with Gasteiger partial charge >= 0.3 is 5.97 Å². The Balaban J connectivity index is 1.83. The maximum atomic E-state index is 12.0. The van der Waals surface area contributed by atoms with E-state index in [4.69, 9.17) is 14.2 Å². The molecule has 1 N–H and O–H groups in total. The SMILES string of the molecule is COc1ccc(SCC(=O)OCC(=O)Nc2cc([N+](=O)[O-])ccc2OC)cc1. The molecule has 1 amide bonds. The smallest absolute Gasteiger partial charge is 0.316 e. The normalized spacial score (nSPS) is 10.1. The van der Waals surface area contributed by atoms with Crippen molar-refractivity contribution in [3.8, 4) is 11.5 Å². The Morgan fingerprint density at radius 2 is 1.82 bits per heavy atom. The summed E-state index contributed by atoms with van der Waals surface area (Å²) >= 11 is 1.26. The van der Waals surface area contributed by atoms with Crippen molar-refractivity contribution in [3.63, 3.8) is 0 Å². The van der Waals surface area contributed by atoms with E-state index in [1.165, 1.54) is 31.0 Å². The molecule has 2 aromatic rings. The lowest BCUT2D eigenvalue weighted by molar-refractivity contribution is -0.384. The van der Waals surface area contributed by atoms with E-state index in [9.17, 15) is 19.7 Å². The predicted molar refractivity (Wildman–Crippen MR) is 103 cm³/mol. The summed E-state index contributed by atoms with van der Waals surface area (Å²) in [5.74, 6) is -0.219. The van der Waals surface area contributed by atoms with Gasteiger partial charge in [0.05, 0.1) is 30.6 Å². The second-order valence-electron chi connectivity index (χ2n) is 5.31. The van der Waals surface area contributed by atoms with Crippen molar-refractivity contribution in [1.29, 1.82) is 0 Å². The first-order valence-electron chi connectivity index (χ1n) is 7.97. The van der Waals surface area contributed by atoms with Crippen molar-refractivity contribution in [3.05, 3.63) is 52.6 Å². The van der Waals surface area contributed by atoms with Crippen molar-refractivity contribution in [1.82, 2.24) is 0 Å². The Bertz CT molecular complexity index is 856. The quantitative estimate of drug-likeness (QED) is 0.292. The number of nitrogens with zero attached hydrogens (tertiary/aromatic N) is 1. The number of nitro groups is 1. The number of esters is 1. The summed E-state index contributed by atoms with van der Waals surface area (Å²) in [5.41, 5.74) is -0.0886. The highest BCUT2D eigenvalue weighted by molar-refractivity contribution is 8.00. The van der Waals surface area contributed by atoms with Gasteiger partial charge in [0, 0.05) is 17.0 Å². The van der Waals surface area contributed by atoms with E-state index in [2.05, 4.69) is 5.32 Å². The summed E-state index contributed by atoms with van der Waals surface area (Å²) < 4.78 is 15.0. The van der Waals surface area contributed by atoms with Crippen molar-refractivity contribution in [2.24, 2.45) is 0 Å². The van der Waals surface area contributed by atoms with Gasteiger partial charge in [0.1, 0.15) is 11.5 Å². The fourth-order valence-corrected chi connectivity index (χ4v) is 2.79. The van der Waals surface area contributed by atoms with E-state index in [1.807, 2.05) is 0 Å². The van der Waals surface area contributed by atoms with Gasteiger partial charge < -0.3 is 19.5 Å². The molecule has 0 spiro atoms. The van der Waals surface area contributed by atoms with Crippen molar-refractivity contribution >= 4 is 35.0 Å². The van der Waals surface area contributed by atoms with Gasteiger partial charge in [0.15, 0.2) is 6.61 Å². The van der Waals surface area contributed by atoms with Gasteiger partial charge in [-0.2, -0.15) is 0 Å². The lowest BCUT2D eigenvalue weighted by atomic mass is 10.2. The third kappa shape index (κ3) is 6.16. The molecule has 148 valence electrons. The van der Waals surface area contributed by atoms with Crippen LogP contribution in [0.5, 0.6) is 11.5 Å². The van der Waals surface area contributed by atoms with Gasteiger partial charge in [-0.1, -0.05) is 0 Å². The molecule has 0 saturated carbocycles. The van der Waals surface area contributed by atoms with Gasteiger partial charge in [-0.05, 0) is 30.3 Å². The zero-order chi connectivity index (χ0) is 20.5. The van der Waals surface area contributed by atoms with E-state index in [0.29, 0.717) is 5.75 Å². The molecule has 0 fully saturated rings. The van der Waals surface area contributed by atoms with Gasteiger partial charge in [-0.15, -0.1) is 11.8 Å². The van der Waals surface area contributed by atoms with Gasteiger partial charge in [-0.3, -0.25) is 19.7 Å². The van der Waals surface area contributed by atoms with E-state index >= 15 is 0 Å². The second-order valence-corrected chi connectivity index (χ2v) is 6.36. The molecule has 0 radical (unpaired) electrons. The number of methoxy groups -OCH3 is 2. The Hall–Kier alpha value is -3.27. The number of nitrogens with one attached hydrogen (secondary N) is 1. The topological polar surface area (TPSA) is 117 Å². The lowest BCUT2D eigenvalue weighted by Gasteiger charge is -2.10. The van der Waals surface area contributed by atoms with Gasteiger partial charge in [-0.25, -0.2) is 0 Å². The number of thioether (sulfide) groups is 1. The molecule has 0 aliphatic carbocycles. The second kappa shape index (κ2) is 10.2. The summed E-state index contributed by atoms with van der Waals surface area (Å²) in [6, 6.07) is 10.9. The number of ether oxygens (including phenoxy) is 3. The van der Waals surface area contributed by atoms with Gasteiger partial charge in [0.2, 0.25) is 0 Å². The van der Waals surface area contributed by atoms with Crippen LogP contribution in [-0.2, 0) is 14.3 Å². The minimum atomic E-state index is -0.637. The number of carbonyl (C=O) groups excluding carboxylic acids is 2. The molecule has 28 heavy (non-hydrogen) atoms. The number of nitro benzene ring substituents is 1. The number of benzene rings is 2. The zero-order valence-electron chi connectivity index (χ0n) is 15.2. The largest absolute Gasteiger partial charge is 0.497 e. The number of non-ortho nitro benzene ring substituents is 1. The maximum absolute atomic E-state index is 12.0. The number of amides is 1. The van der Waals surface area contributed by atoms with Crippen LogP contribution in [0.25, 0.3) is 0 Å². The average Bonchev–Trinajstić information content (AvgIpc) is 2.71. The van der Waals surface area contributed by atoms with Crippen LogP contribution in [0.3, 0.4) is 0 Å². The Morgan fingerprint density at radius 3 is 2.43 bits per heavy atom. The fraction of sp³-hybridized carbons (Fsp3) is 0.222. The molecule has 0 aliphatic rings. The number of rotatable bonds is 9. The van der Waals surface area contributed by atoms with Crippen LogP contribution in [-0.4, -0.2) is 43.4 Å². The summed E-state index contributed by atoms with van der Waals surface area (Å²) in [7, 11) is 2.93. The summed E-state index contributed by atoms with van der Waals surface area (Å²) in [6.07, 6.45) is 0. The van der Waals surface area contributed by atoms with E-state index in [-0.39, 0.29) is 22.9 Å². The monoisotopic (exact) mass is 406 g/mol. The number of hydrogen-bond donors (Lipinski definition) is 1. The Morgan fingerprint density at radius 1 is 1.11 bits per heavy atom. The van der Waals surface area contributed by atoms with Crippen LogP contribution < -0.4 is 14.8 Å². The first-order valence-corrected chi connectivity index (χ1v) is 8.96. The number of anilines is 1. The molecule has 0 unspecified atom stereocenters. The van der Waals surface area contributed by atoms with Crippen molar-refractivity contribution < 1.29 is 28.7 Å². The Labute approximate surface area is 165 Å². The summed E-state index contributed by atoms with van der Waals surface area (Å²) in [5, 5.41) is 13.3. The number of carbonyl (C=O) groups is 2. The first-order chi connectivity index (χ1) is 13.4. The molecule has 0 heterocycles. The molecule has 0 bridgehead atoms. The van der Waals surface area contributed by atoms with Crippen LogP contribution in [0.4, 0.5) is 11.4 Å². The van der Waals surface area contributed by atoms with E-state index in [1.54, 1.807) is 31.4 Å². The standard InChI is InChI=1S/C18H18N2O7S/c1-25-13-4-6-14(7-5-13)28-11-18(22)27-10-17(21)19-15-9-12(20(23)24)3-8-16(15)26-2/h3-9H,10-11H2,1-2H3,(H,19,21). The minimum absolute atomic E-state index is 0.0275. The highest BCUT2D eigenvalue weighted by atomic mass is 32.2. The molecule has 0 aromatic heterocycles. The molecule has 9 nitrogen and oxygen atoms in total. The highest BCUT2D eigenvalue weighted by Crippen LogP contribution is 2.28. The molecule has 0 atom stereocenters. The zero-order valence-corrected chi connectivity index (χ0v) is 16.0. The third-order valence-electron chi connectivity index (χ3n) is 3.45. The van der Waals surface area contributed by atoms with Crippen LogP contribution in [0, 0.1) is 10.1 Å². The van der Waals surface area contributed by atoms with Crippen LogP contribution >= 0.6 is 11.8 Å². The molecule has 0 saturated heterocycles. The van der Waals surface area contributed by atoms with E-state index in [0.717, 1.165) is 11.0 Å². The van der Waals surface area contributed by atoms with Crippen LogP contribution in [0.1, 0.15) is 0 Å². The van der Waals surface area contributed by atoms with Gasteiger partial charge in [0.25, 0.3) is 11.6 Å². The molecular weight excluding hydrogens is 388 g/mol. The maximum Gasteiger partial charge on any atom is 0.316 e. The highest BCUT2D eigenvalue weighted by Gasteiger charge is 2.15. The van der Waals surface area contributed by atoms with Crippen molar-refractivity contribution in [2.45, 2.75) is 4.90 Å². The lowest BCUT2D eigenvalue weighted by Crippen LogP contribution is -2.22. The number of hydrogen-bond acceptors (Lipinski definition) is 8. The Kier molecular flexibility index (Phi) is 7.64. The first kappa shape index (κ1) is 21.0. The van der Waals surface area contributed by atoms with Crippen LogP contribution in [0.2, 0.25) is 0 Å². The van der Waals surface area contributed by atoms with Crippen LogP contribution in [0.15, 0.2) is 47.4 Å².